The van der Waals surface area contributed by atoms with E-state index >= 15 is 0 Å². The van der Waals surface area contributed by atoms with E-state index in [2.05, 4.69) is 15.2 Å². The van der Waals surface area contributed by atoms with Crippen molar-refractivity contribution >= 4 is 0 Å². The molecular formula is C23H24F4N4O3. The summed E-state index contributed by atoms with van der Waals surface area (Å²) in [6, 6.07) is 9.10. The van der Waals surface area contributed by atoms with Crippen LogP contribution in [0.25, 0.3) is 0 Å². The Morgan fingerprint density at radius 1 is 1.24 bits per heavy atom. The van der Waals surface area contributed by atoms with E-state index in [0.29, 0.717) is 29.1 Å². The van der Waals surface area contributed by atoms with Crippen LogP contribution in [-0.2, 0) is 22.2 Å². The normalized spacial score (nSPS) is 20.4. The third-order valence-electron chi connectivity index (χ3n) is 5.66. The third kappa shape index (κ3) is 5.54. The van der Waals surface area contributed by atoms with Crippen LogP contribution in [0.15, 0.2) is 47.3 Å². The Morgan fingerprint density at radius 3 is 2.62 bits per heavy atom. The fourth-order valence-corrected chi connectivity index (χ4v) is 4.07. The molecule has 34 heavy (non-hydrogen) atoms. The van der Waals surface area contributed by atoms with Crippen LogP contribution in [0.2, 0.25) is 0 Å². The summed E-state index contributed by atoms with van der Waals surface area (Å²) in [4.78, 5) is 16.0. The molecule has 0 aliphatic carbocycles. The van der Waals surface area contributed by atoms with E-state index in [1.807, 2.05) is 4.90 Å². The first-order valence-corrected chi connectivity index (χ1v) is 10.7. The quantitative estimate of drug-likeness (QED) is 0.516. The van der Waals surface area contributed by atoms with E-state index in [-0.39, 0.29) is 13.2 Å². The molecule has 0 unspecified atom stereocenters. The second-order valence-electron chi connectivity index (χ2n) is 8.24. The minimum absolute atomic E-state index is 0.251. The Morgan fingerprint density at radius 2 is 1.97 bits per heavy atom. The molecule has 1 fully saturated rings. The van der Waals surface area contributed by atoms with Crippen LogP contribution in [0.1, 0.15) is 47.1 Å². The van der Waals surface area contributed by atoms with Crippen molar-refractivity contribution in [2.45, 2.75) is 45.0 Å². The number of aryl methyl sites for hydroxylation is 1. The van der Waals surface area contributed by atoms with Gasteiger partial charge in [-0.1, -0.05) is 23.8 Å². The SMILES string of the molecule is Cc1cc([C@@H](C)O[C@@H]2OCCN(Cc3n[nH]c(=O)[nH]3)[C@@H]2c2ccc(F)cc2)cc(C(F)(F)F)c1. The van der Waals surface area contributed by atoms with Gasteiger partial charge in [-0.2, -0.15) is 18.3 Å². The van der Waals surface area contributed by atoms with Crippen LogP contribution < -0.4 is 5.69 Å². The molecule has 3 atom stereocenters. The summed E-state index contributed by atoms with van der Waals surface area (Å²) in [6.45, 7) is 4.25. The van der Waals surface area contributed by atoms with Crippen LogP contribution in [0.3, 0.4) is 0 Å². The van der Waals surface area contributed by atoms with E-state index < -0.39 is 41.7 Å². The van der Waals surface area contributed by atoms with E-state index in [9.17, 15) is 22.4 Å². The van der Waals surface area contributed by atoms with Crippen molar-refractivity contribution in [2.75, 3.05) is 13.2 Å². The minimum atomic E-state index is -4.48. The molecule has 11 heteroatoms. The van der Waals surface area contributed by atoms with Gasteiger partial charge in [0.1, 0.15) is 11.6 Å². The summed E-state index contributed by atoms with van der Waals surface area (Å²) in [5.41, 5.74) is 0.326. The Hall–Kier alpha value is -3.02. The summed E-state index contributed by atoms with van der Waals surface area (Å²) >= 11 is 0. The summed E-state index contributed by atoms with van der Waals surface area (Å²) in [5.74, 6) is -0.00625. The number of hydrogen-bond donors (Lipinski definition) is 2. The molecule has 182 valence electrons. The predicted octanol–water partition coefficient (Wildman–Crippen LogP) is 4.24. The zero-order valence-corrected chi connectivity index (χ0v) is 18.5. The number of nitrogens with zero attached hydrogens (tertiary/aromatic N) is 2. The van der Waals surface area contributed by atoms with Crippen molar-refractivity contribution in [3.8, 4) is 0 Å². The van der Waals surface area contributed by atoms with Gasteiger partial charge in [-0.15, -0.1) is 0 Å². The number of morpholine rings is 1. The average Bonchev–Trinajstić information content (AvgIpc) is 3.18. The predicted molar refractivity (Wildman–Crippen MR) is 114 cm³/mol. The standard InChI is InChI=1S/C23H24F4N4O3/c1-13-9-16(11-17(10-13)23(25,26)27)14(2)34-21-20(15-3-5-18(24)6-4-15)31(7-8-33-21)12-19-28-22(32)30-29-19/h3-6,9-11,14,20-21H,7-8,12H2,1-2H3,(H2,28,29,30,32)/t14-,20-,21+/m1/s1. The first kappa shape index (κ1) is 24.1. The molecule has 0 amide bonds. The van der Waals surface area contributed by atoms with Crippen LogP contribution >= 0.6 is 0 Å². The van der Waals surface area contributed by atoms with Gasteiger partial charge in [0, 0.05) is 6.54 Å². The molecule has 0 bridgehead atoms. The minimum Gasteiger partial charge on any atom is -0.349 e. The number of aromatic nitrogens is 3. The highest BCUT2D eigenvalue weighted by atomic mass is 19.4. The Bertz CT molecular complexity index is 1180. The van der Waals surface area contributed by atoms with Crippen molar-refractivity contribution in [3.05, 3.63) is 86.8 Å². The highest BCUT2D eigenvalue weighted by molar-refractivity contribution is 5.32. The maximum absolute atomic E-state index is 13.6. The average molecular weight is 480 g/mol. The second kappa shape index (κ2) is 9.69. The molecule has 1 saturated heterocycles. The largest absolute Gasteiger partial charge is 0.416 e. The number of benzene rings is 2. The van der Waals surface area contributed by atoms with Gasteiger partial charge >= 0.3 is 11.9 Å². The molecule has 2 heterocycles. The van der Waals surface area contributed by atoms with Crippen LogP contribution in [0.4, 0.5) is 17.6 Å². The fraction of sp³-hybridized carbons (Fsp3) is 0.391. The summed E-state index contributed by atoms with van der Waals surface area (Å²) in [7, 11) is 0. The zero-order valence-electron chi connectivity index (χ0n) is 18.5. The number of aromatic amines is 2. The number of hydrogen-bond acceptors (Lipinski definition) is 5. The molecule has 1 aromatic heterocycles. The van der Waals surface area contributed by atoms with Crippen LogP contribution in [0.5, 0.6) is 0 Å². The number of alkyl halides is 3. The van der Waals surface area contributed by atoms with Crippen molar-refractivity contribution in [1.82, 2.24) is 20.1 Å². The first-order chi connectivity index (χ1) is 16.1. The summed E-state index contributed by atoms with van der Waals surface area (Å²) in [6.07, 6.45) is -6.07. The van der Waals surface area contributed by atoms with Crippen LogP contribution in [-0.4, -0.2) is 39.5 Å². The highest BCUT2D eigenvalue weighted by Crippen LogP contribution is 2.36. The van der Waals surface area contributed by atoms with E-state index in [1.54, 1.807) is 32.0 Å². The Kier molecular flexibility index (Phi) is 6.87. The lowest BCUT2D eigenvalue weighted by molar-refractivity contribution is -0.231. The number of rotatable bonds is 6. The van der Waals surface area contributed by atoms with Gasteiger partial charge in [0.25, 0.3) is 0 Å². The van der Waals surface area contributed by atoms with E-state index in [4.69, 9.17) is 9.47 Å². The lowest BCUT2D eigenvalue weighted by Gasteiger charge is -2.41. The first-order valence-electron chi connectivity index (χ1n) is 10.7. The number of H-pyrrole nitrogens is 2. The van der Waals surface area contributed by atoms with Crippen molar-refractivity contribution in [3.63, 3.8) is 0 Å². The highest BCUT2D eigenvalue weighted by Gasteiger charge is 2.37. The number of halogens is 4. The van der Waals surface area contributed by atoms with Gasteiger partial charge in [0.05, 0.1) is 30.9 Å². The van der Waals surface area contributed by atoms with Gasteiger partial charge in [0.2, 0.25) is 0 Å². The lowest BCUT2D eigenvalue weighted by Crippen LogP contribution is -2.46. The van der Waals surface area contributed by atoms with Gasteiger partial charge < -0.3 is 9.47 Å². The van der Waals surface area contributed by atoms with Crippen molar-refractivity contribution in [2.24, 2.45) is 0 Å². The molecule has 0 radical (unpaired) electrons. The molecule has 1 aliphatic rings. The maximum Gasteiger partial charge on any atom is 0.416 e. The Balaban J connectivity index is 1.62. The topological polar surface area (TPSA) is 83.2 Å². The van der Waals surface area contributed by atoms with Crippen LogP contribution in [0, 0.1) is 12.7 Å². The number of ether oxygens (including phenoxy) is 2. The molecule has 0 saturated carbocycles. The molecule has 1 aliphatic heterocycles. The van der Waals surface area contributed by atoms with Gasteiger partial charge in [-0.3, -0.25) is 9.88 Å². The Labute approximate surface area is 192 Å². The maximum atomic E-state index is 13.6. The summed E-state index contributed by atoms with van der Waals surface area (Å²) < 4.78 is 65.5. The van der Waals surface area contributed by atoms with E-state index in [0.717, 1.165) is 12.1 Å². The molecule has 0 spiro atoms. The molecule has 2 N–H and O–H groups in total. The fourth-order valence-electron chi connectivity index (χ4n) is 4.07. The third-order valence-corrected chi connectivity index (χ3v) is 5.66. The molecular weight excluding hydrogens is 456 g/mol. The molecule has 7 nitrogen and oxygen atoms in total. The lowest BCUT2D eigenvalue weighted by atomic mass is 10.0. The molecule has 2 aromatic carbocycles. The zero-order chi connectivity index (χ0) is 24.5. The van der Waals surface area contributed by atoms with Crippen molar-refractivity contribution in [1.29, 1.82) is 0 Å². The smallest absolute Gasteiger partial charge is 0.349 e. The van der Waals surface area contributed by atoms with Gasteiger partial charge in [-0.25, -0.2) is 14.3 Å². The molecule has 3 aromatic rings. The van der Waals surface area contributed by atoms with Gasteiger partial charge in [-0.05, 0) is 49.2 Å². The number of nitrogens with one attached hydrogen (secondary N) is 2. The van der Waals surface area contributed by atoms with E-state index in [1.165, 1.54) is 12.1 Å². The molecule has 4 rings (SSSR count). The van der Waals surface area contributed by atoms with Crippen molar-refractivity contribution < 1.29 is 27.0 Å². The monoisotopic (exact) mass is 480 g/mol. The van der Waals surface area contributed by atoms with Gasteiger partial charge in [0.15, 0.2) is 6.29 Å². The summed E-state index contributed by atoms with van der Waals surface area (Å²) in [5, 5.41) is 6.26. The second-order valence-corrected chi connectivity index (χ2v) is 8.24.